The van der Waals surface area contributed by atoms with Crippen LogP contribution in [-0.4, -0.2) is 6.04 Å². The third-order valence-corrected chi connectivity index (χ3v) is 1.59. The Hall–Kier alpha value is -0.980. The number of aryl methyl sites for hydroxylation is 1. The molecule has 0 radical (unpaired) electrons. The lowest BCUT2D eigenvalue weighted by Gasteiger charge is -2.11. The maximum atomic E-state index is 3.37. The summed E-state index contributed by atoms with van der Waals surface area (Å²) in [6, 6.07) is 8.84. The highest BCUT2D eigenvalue weighted by Gasteiger charge is 1.96. The summed E-state index contributed by atoms with van der Waals surface area (Å²) in [6.45, 7) is 6.41. The minimum Gasteiger partial charge on any atom is -0.383 e. The lowest BCUT2D eigenvalue weighted by atomic mass is 10.2. The van der Waals surface area contributed by atoms with E-state index < -0.39 is 0 Å². The van der Waals surface area contributed by atoms with Crippen molar-refractivity contribution in [2.45, 2.75) is 26.8 Å². The largest absolute Gasteiger partial charge is 0.383 e. The molecule has 0 fully saturated rings. The highest BCUT2D eigenvalue weighted by Crippen LogP contribution is 2.13. The van der Waals surface area contributed by atoms with Crippen molar-refractivity contribution in [3.8, 4) is 0 Å². The Kier molecular flexibility index (Phi) is 2.53. The summed E-state index contributed by atoms with van der Waals surface area (Å²) in [5.74, 6) is 0. The third kappa shape index (κ3) is 2.26. The van der Waals surface area contributed by atoms with E-state index in [1.807, 2.05) is 0 Å². The van der Waals surface area contributed by atoms with E-state index in [9.17, 15) is 0 Å². The smallest absolute Gasteiger partial charge is 0.0371 e. The Labute approximate surface area is 69.9 Å². The predicted octanol–water partition coefficient (Wildman–Crippen LogP) is 3.06. The molecular formula is C10H17N. The summed E-state index contributed by atoms with van der Waals surface area (Å²) >= 11 is 0. The molecule has 1 nitrogen and oxygen atoms in total. The number of rotatable bonds is 2. The molecule has 0 saturated carbocycles. The van der Waals surface area contributed by atoms with Crippen LogP contribution in [0.3, 0.4) is 0 Å². The second-order valence-electron chi connectivity index (χ2n) is 3.11. The van der Waals surface area contributed by atoms with Crippen LogP contribution in [0.5, 0.6) is 0 Å². The van der Waals surface area contributed by atoms with Crippen LogP contribution in [0.1, 0.15) is 20.8 Å². The van der Waals surface area contributed by atoms with Crippen molar-refractivity contribution in [3.05, 3.63) is 29.8 Å². The molecule has 0 saturated heterocycles. The molecule has 0 aromatic heterocycles. The van der Waals surface area contributed by atoms with Gasteiger partial charge in [0.1, 0.15) is 0 Å². The van der Waals surface area contributed by atoms with Crippen LogP contribution >= 0.6 is 0 Å². The van der Waals surface area contributed by atoms with Gasteiger partial charge in [-0.15, -0.1) is 0 Å². The van der Waals surface area contributed by atoms with Gasteiger partial charge >= 0.3 is 0 Å². The Balaban J connectivity index is 0.00000121. The minimum atomic E-state index is 0. The fourth-order valence-corrected chi connectivity index (χ4v) is 1.05. The first kappa shape index (κ1) is 8.12. The number of benzene rings is 1. The van der Waals surface area contributed by atoms with Gasteiger partial charge in [-0.3, -0.25) is 0 Å². The number of anilines is 1. The normalized spacial score (nSPS) is 10.2. The first-order valence-corrected chi connectivity index (χ1v) is 4.02. The van der Waals surface area contributed by atoms with Crippen LogP contribution in [0.15, 0.2) is 24.3 Å². The fourth-order valence-electron chi connectivity index (χ4n) is 1.05. The van der Waals surface area contributed by atoms with E-state index in [1.54, 1.807) is 0 Å². The quantitative estimate of drug-likeness (QED) is 0.685. The standard InChI is InChI=1S/C10H15N.H2/c1-8(2)11-10-7-5-4-6-9(10)3;/h4-8,11H,1-3H3;1H. The van der Waals surface area contributed by atoms with E-state index in [-0.39, 0.29) is 1.43 Å². The Morgan fingerprint density at radius 2 is 1.91 bits per heavy atom. The zero-order valence-corrected chi connectivity index (χ0v) is 7.39. The highest BCUT2D eigenvalue weighted by atomic mass is 14.9. The van der Waals surface area contributed by atoms with Crippen molar-refractivity contribution < 1.29 is 1.43 Å². The minimum absolute atomic E-state index is 0. The van der Waals surface area contributed by atoms with Gasteiger partial charge in [-0.2, -0.15) is 0 Å². The zero-order chi connectivity index (χ0) is 8.27. The van der Waals surface area contributed by atoms with Gasteiger partial charge in [-0.25, -0.2) is 0 Å². The maximum absolute atomic E-state index is 3.37. The summed E-state index contributed by atoms with van der Waals surface area (Å²) in [7, 11) is 0. The Morgan fingerprint density at radius 3 is 2.45 bits per heavy atom. The molecule has 1 heteroatoms. The molecule has 1 rings (SSSR count). The average Bonchev–Trinajstić information content (AvgIpc) is 1.93. The van der Waals surface area contributed by atoms with Gasteiger partial charge in [0.2, 0.25) is 0 Å². The van der Waals surface area contributed by atoms with Crippen LogP contribution in [0, 0.1) is 6.92 Å². The predicted molar refractivity (Wildman–Crippen MR) is 52.1 cm³/mol. The van der Waals surface area contributed by atoms with E-state index in [0.717, 1.165) is 0 Å². The highest BCUT2D eigenvalue weighted by molar-refractivity contribution is 5.50. The van der Waals surface area contributed by atoms with Gasteiger partial charge in [-0.1, -0.05) is 18.2 Å². The molecule has 11 heavy (non-hydrogen) atoms. The topological polar surface area (TPSA) is 12.0 Å². The SMILES string of the molecule is Cc1ccccc1NC(C)C.[HH]. The second-order valence-corrected chi connectivity index (χ2v) is 3.11. The summed E-state index contributed by atoms with van der Waals surface area (Å²) in [6.07, 6.45) is 0. The molecule has 1 aromatic carbocycles. The fraction of sp³-hybridized carbons (Fsp3) is 0.400. The van der Waals surface area contributed by atoms with Crippen molar-refractivity contribution in [2.75, 3.05) is 5.32 Å². The number of hydrogen-bond donors (Lipinski definition) is 1. The first-order chi connectivity index (χ1) is 5.20. The number of hydrogen-bond acceptors (Lipinski definition) is 1. The van der Waals surface area contributed by atoms with Crippen molar-refractivity contribution in [2.24, 2.45) is 0 Å². The summed E-state index contributed by atoms with van der Waals surface area (Å²) in [5.41, 5.74) is 2.55. The number of para-hydroxylation sites is 1. The van der Waals surface area contributed by atoms with E-state index in [2.05, 4.69) is 50.4 Å². The van der Waals surface area contributed by atoms with E-state index in [4.69, 9.17) is 0 Å². The summed E-state index contributed by atoms with van der Waals surface area (Å²) in [5, 5.41) is 3.37. The van der Waals surface area contributed by atoms with Crippen LogP contribution in [-0.2, 0) is 0 Å². The van der Waals surface area contributed by atoms with E-state index in [1.165, 1.54) is 11.3 Å². The van der Waals surface area contributed by atoms with Gasteiger partial charge < -0.3 is 5.32 Å². The van der Waals surface area contributed by atoms with Crippen LogP contribution in [0.4, 0.5) is 5.69 Å². The van der Waals surface area contributed by atoms with Gasteiger partial charge in [-0.05, 0) is 32.4 Å². The zero-order valence-electron chi connectivity index (χ0n) is 7.39. The average molecular weight is 151 g/mol. The molecule has 0 unspecified atom stereocenters. The van der Waals surface area contributed by atoms with Crippen molar-refractivity contribution >= 4 is 5.69 Å². The van der Waals surface area contributed by atoms with Gasteiger partial charge in [0.25, 0.3) is 0 Å². The maximum Gasteiger partial charge on any atom is 0.0371 e. The van der Waals surface area contributed by atoms with E-state index >= 15 is 0 Å². The summed E-state index contributed by atoms with van der Waals surface area (Å²) < 4.78 is 0. The Bertz CT molecular complexity index is 233. The van der Waals surface area contributed by atoms with Crippen LogP contribution in [0.25, 0.3) is 0 Å². The summed E-state index contributed by atoms with van der Waals surface area (Å²) in [4.78, 5) is 0. The molecule has 0 spiro atoms. The third-order valence-electron chi connectivity index (χ3n) is 1.59. The molecule has 0 aliphatic carbocycles. The lowest BCUT2D eigenvalue weighted by Crippen LogP contribution is -2.10. The molecule has 0 bridgehead atoms. The van der Waals surface area contributed by atoms with E-state index in [0.29, 0.717) is 6.04 Å². The molecule has 1 aromatic rings. The molecule has 0 heterocycles. The molecule has 0 aliphatic heterocycles. The lowest BCUT2D eigenvalue weighted by molar-refractivity contribution is 0.897. The van der Waals surface area contributed by atoms with Gasteiger partial charge in [0.15, 0.2) is 0 Å². The van der Waals surface area contributed by atoms with Crippen molar-refractivity contribution in [1.82, 2.24) is 0 Å². The molecule has 1 N–H and O–H groups in total. The van der Waals surface area contributed by atoms with Gasteiger partial charge in [0.05, 0.1) is 0 Å². The van der Waals surface area contributed by atoms with Crippen molar-refractivity contribution in [3.63, 3.8) is 0 Å². The number of nitrogens with one attached hydrogen (secondary N) is 1. The van der Waals surface area contributed by atoms with Crippen LogP contribution in [0.2, 0.25) is 0 Å². The molecular weight excluding hydrogens is 134 g/mol. The Morgan fingerprint density at radius 1 is 1.27 bits per heavy atom. The second kappa shape index (κ2) is 3.42. The molecule has 0 amide bonds. The molecule has 0 aliphatic rings. The molecule has 62 valence electrons. The van der Waals surface area contributed by atoms with Crippen LogP contribution < -0.4 is 5.32 Å². The molecule has 0 atom stereocenters. The van der Waals surface area contributed by atoms with Crippen molar-refractivity contribution in [1.29, 1.82) is 0 Å². The first-order valence-electron chi connectivity index (χ1n) is 4.02. The monoisotopic (exact) mass is 151 g/mol. The van der Waals surface area contributed by atoms with Gasteiger partial charge in [0, 0.05) is 13.2 Å².